The molecule has 54 valence electrons. The van der Waals surface area contributed by atoms with Gasteiger partial charge in [-0.2, -0.15) is 0 Å². The molecule has 0 aliphatic carbocycles. The number of ether oxygens (including phenoxy) is 1. The summed E-state index contributed by atoms with van der Waals surface area (Å²) in [6.45, 7) is 8.42. The zero-order chi connectivity index (χ0) is 7.28. The van der Waals surface area contributed by atoms with E-state index in [1.807, 2.05) is 0 Å². The maximum Gasteiger partial charge on any atom is 0.0779 e. The van der Waals surface area contributed by atoms with Crippen molar-refractivity contribution >= 4 is 15.9 Å². The Morgan fingerprint density at radius 3 is 2.67 bits per heavy atom. The number of rotatable bonds is 4. The van der Waals surface area contributed by atoms with Crippen LogP contribution in [0.4, 0.5) is 0 Å². The molecule has 0 saturated heterocycles. The Morgan fingerprint density at radius 1 is 1.78 bits per heavy atom. The van der Waals surface area contributed by atoms with E-state index >= 15 is 0 Å². The predicted molar refractivity (Wildman–Crippen MR) is 43.8 cm³/mol. The fourth-order valence-corrected chi connectivity index (χ4v) is 0.483. The van der Waals surface area contributed by atoms with Crippen LogP contribution in [0.1, 0.15) is 20.3 Å². The van der Waals surface area contributed by atoms with Crippen LogP contribution >= 0.6 is 15.9 Å². The van der Waals surface area contributed by atoms with Crippen LogP contribution in [0.15, 0.2) is 11.1 Å². The first-order valence-corrected chi connectivity index (χ1v) is 3.91. The van der Waals surface area contributed by atoms with E-state index in [9.17, 15) is 0 Å². The first-order chi connectivity index (χ1) is 4.16. The van der Waals surface area contributed by atoms with Crippen LogP contribution in [0.3, 0.4) is 0 Å². The Labute approximate surface area is 65.2 Å². The molecule has 0 heterocycles. The number of hydrogen-bond donors (Lipinski definition) is 0. The van der Waals surface area contributed by atoms with Gasteiger partial charge in [-0.25, -0.2) is 0 Å². The predicted octanol–water partition coefficient (Wildman–Crippen LogP) is 2.71. The smallest absolute Gasteiger partial charge is 0.0779 e. The topological polar surface area (TPSA) is 9.23 Å². The molecule has 0 amide bonds. The van der Waals surface area contributed by atoms with Crippen molar-refractivity contribution in [3.8, 4) is 0 Å². The highest BCUT2D eigenvalue weighted by atomic mass is 79.9. The molecule has 0 rings (SSSR count). The summed E-state index contributed by atoms with van der Waals surface area (Å²) >= 11 is 3.21. The Bertz CT molecular complexity index is 90.9. The monoisotopic (exact) mass is 192 g/mol. The van der Waals surface area contributed by atoms with Gasteiger partial charge in [-0.1, -0.05) is 29.4 Å². The molecule has 9 heavy (non-hydrogen) atoms. The second-order valence-corrected chi connectivity index (χ2v) is 3.17. The summed E-state index contributed by atoms with van der Waals surface area (Å²) in [6.07, 6.45) is 1.40. The fraction of sp³-hybridized carbons (Fsp3) is 0.714. The van der Waals surface area contributed by atoms with Crippen molar-refractivity contribution in [1.29, 1.82) is 0 Å². The van der Waals surface area contributed by atoms with Crippen molar-refractivity contribution in [2.45, 2.75) is 26.4 Å². The van der Waals surface area contributed by atoms with Crippen LogP contribution in [0.5, 0.6) is 0 Å². The maximum absolute atomic E-state index is 5.31. The lowest BCUT2D eigenvalue weighted by Gasteiger charge is -2.08. The lowest BCUT2D eigenvalue weighted by atomic mass is 10.3. The van der Waals surface area contributed by atoms with Crippen LogP contribution in [-0.4, -0.2) is 12.7 Å². The van der Waals surface area contributed by atoms with Gasteiger partial charge < -0.3 is 4.74 Å². The quantitative estimate of drug-likeness (QED) is 0.666. The number of hydrogen-bond acceptors (Lipinski definition) is 1. The van der Waals surface area contributed by atoms with E-state index < -0.39 is 0 Å². The summed E-state index contributed by atoms with van der Waals surface area (Å²) in [7, 11) is 0. The zero-order valence-electron chi connectivity index (χ0n) is 5.98. The molecule has 0 aromatic rings. The summed E-state index contributed by atoms with van der Waals surface area (Å²) in [5.74, 6) is 0. The Kier molecular flexibility index (Phi) is 5.10. The molecule has 1 nitrogen and oxygen atoms in total. The first kappa shape index (κ1) is 9.18. The standard InChI is InChI=1S/C7H13BrO/c1-4-7(3)9-5-6(2)8/h7H,2,4-5H2,1,3H3. The average molecular weight is 193 g/mol. The molecular formula is C7H13BrO. The average Bonchev–Trinajstić information content (AvgIpc) is 1.83. The number of halogens is 1. The molecule has 0 spiro atoms. The minimum atomic E-state index is 0.347. The minimum absolute atomic E-state index is 0.347. The molecule has 0 aliphatic rings. The SMILES string of the molecule is C=C(Br)COC(C)CC. The summed E-state index contributed by atoms with van der Waals surface area (Å²) in [6, 6.07) is 0. The summed E-state index contributed by atoms with van der Waals surface area (Å²) in [5, 5.41) is 0. The molecule has 0 aromatic carbocycles. The van der Waals surface area contributed by atoms with Crippen molar-refractivity contribution < 1.29 is 4.74 Å². The second kappa shape index (κ2) is 5.00. The Morgan fingerprint density at radius 2 is 2.33 bits per heavy atom. The highest BCUT2D eigenvalue weighted by molar-refractivity contribution is 9.11. The van der Waals surface area contributed by atoms with Crippen molar-refractivity contribution in [3.63, 3.8) is 0 Å². The van der Waals surface area contributed by atoms with E-state index in [0.717, 1.165) is 10.9 Å². The summed E-state index contributed by atoms with van der Waals surface area (Å²) < 4.78 is 6.21. The van der Waals surface area contributed by atoms with E-state index in [4.69, 9.17) is 4.74 Å². The van der Waals surface area contributed by atoms with Gasteiger partial charge in [-0.15, -0.1) is 0 Å². The van der Waals surface area contributed by atoms with E-state index in [1.54, 1.807) is 0 Å². The first-order valence-electron chi connectivity index (χ1n) is 3.11. The van der Waals surface area contributed by atoms with Gasteiger partial charge >= 0.3 is 0 Å². The van der Waals surface area contributed by atoms with Gasteiger partial charge in [0.25, 0.3) is 0 Å². The van der Waals surface area contributed by atoms with Gasteiger partial charge in [0, 0.05) is 4.48 Å². The van der Waals surface area contributed by atoms with Crippen molar-refractivity contribution in [3.05, 3.63) is 11.1 Å². The van der Waals surface area contributed by atoms with E-state index in [2.05, 4.69) is 36.4 Å². The highest BCUT2D eigenvalue weighted by Gasteiger charge is 1.96. The molecule has 2 heteroatoms. The van der Waals surface area contributed by atoms with Gasteiger partial charge in [0.05, 0.1) is 12.7 Å². The molecular weight excluding hydrogens is 180 g/mol. The van der Waals surface area contributed by atoms with Crippen LogP contribution in [-0.2, 0) is 4.74 Å². The Hall–Kier alpha value is 0.180. The second-order valence-electron chi connectivity index (χ2n) is 2.05. The molecule has 0 saturated carbocycles. The molecule has 0 radical (unpaired) electrons. The Balaban J connectivity index is 3.16. The molecule has 1 atom stereocenters. The minimum Gasteiger partial charge on any atom is -0.373 e. The van der Waals surface area contributed by atoms with Crippen LogP contribution in [0.2, 0.25) is 0 Å². The summed E-state index contributed by atoms with van der Waals surface area (Å²) in [5.41, 5.74) is 0. The lowest BCUT2D eigenvalue weighted by molar-refractivity contribution is 0.0847. The third kappa shape index (κ3) is 6.06. The van der Waals surface area contributed by atoms with E-state index in [1.165, 1.54) is 0 Å². The van der Waals surface area contributed by atoms with Gasteiger partial charge in [-0.3, -0.25) is 0 Å². The zero-order valence-corrected chi connectivity index (χ0v) is 7.57. The van der Waals surface area contributed by atoms with Gasteiger partial charge in [-0.05, 0) is 13.3 Å². The van der Waals surface area contributed by atoms with E-state index in [0.29, 0.717) is 12.7 Å². The third-order valence-electron chi connectivity index (χ3n) is 1.10. The molecule has 0 N–H and O–H groups in total. The van der Waals surface area contributed by atoms with Crippen molar-refractivity contribution in [2.24, 2.45) is 0 Å². The van der Waals surface area contributed by atoms with Crippen molar-refractivity contribution in [2.75, 3.05) is 6.61 Å². The van der Waals surface area contributed by atoms with Gasteiger partial charge in [0.2, 0.25) is 0 Å². The fourth-order valence-electron chi connectivity index (χ4n) is 0.351. The normalized spacial score (nSPS) is 13.2. The van der Waals surface area contributed by atoms with Crippen LogP contribution in [0.25, 0.3) is 0 Å². The largest absolute Gasteiger partial charge is 0.373 e. The molecule has 0 fully saturated rings. The van der Waals surface area contributed by atoms with Gasteiger partial charge in [0.1, 0.15) is 0 Å². The van der Waals surface area contributed by atoms with Crippen LogP contribution in [0, 0.1) is 0 Å². The lowest BCUT2D eigenvalue weighted by Crippen LogP contribution is -2.06. The molecule has 1 unspecified atom stereocenters. The van der Waals surface area contributed by atoms with Crippen LogP contribution < -0.4 is 0 Å². The van der Waals surface area contributed by atoms with E-state index in [-0.39, 0.29) is 0 Å². The maximum atomic E-state index is 5.31. The molecule has 0 bridgehead atoms. The summed E-state index contributed by atoms with van der Waals surface area (Å²) in [4.78, 5) is 0. The highest BCUT2D eigenvalue weighted by Crippen LogP contribution is 2.04. The molecule has 0 aromatic heterocycles. The van der Waals surface area contributed by atoms with Crippen molar-refractivity contribution in [1.82, 2.24) is 0 Å². The van der Waals surface area contributed by atoms with Gasteiger partial charge in [0.15, 0.2) is 0 Å². The molecule has 0 aliphatic heterocycles. The third-order valence-corrected chi connectivity index (χ3v) is 1.33.